The summed E-state index contributed by atoms with van der Waals surface area (Å²) in [5.74, 6) is -1.95. The minimum atomic E-state index is -1.01. The topological polar surface area (TPSA) is 103 Å². The van der Waals surface area contributed by atoms with E-state index < -0.39 is 11.7 Å². The minimum Gasteiger partial charge on any atom is -0.376 e. The van der Waals surface area contributed by atoms with Crippen molar-refractivity contribution in [3.63, 3.8) is 0 Å². The highest BCUT2D eigenvalue weighted by molar-refractivity contribution is 6.44. The fourth-order valence-electron chi connectivity index (χ4n) is 2.93. The van der Waals surface area contributed by atoms with E-state index in [-0.39, 0.29) is 24.1 Å². The number of ether oxygens (including phenoxy) is 1. The quantitative estimate of drug-likeness (QED) is 0.598. The molecule has 24 heavy (non-hydrogen) atoms. The van der Waals surface area contributed by atoms with Gasteiger partial charge in [-0.25, -0.2) is 0 Å². The van der Waals surface area contributed by atoms with Crippen molar-refractivity contribution >= 4 is 28.5 Å². The molecule has 1 saturated heterocycles. The van der Waals surface area contributed by atoms with Crippen LogP contribution in [-0.2, 0) is 20.9 Å². The molecule has 0 spiro atoms. The number of primary amides is 1. The molecular weight excluding hydrogens is 310 g/mol. The normalized spacial score (nSPS) is 17.1. The summed E-state index contributed by atoms with van der Waals surface area (Å²) >= 11 is 0. The average molecular weight is 329 g/mol. The number of fused-ring (bicyclic) bond motifs is 1. The number of nitrogens with one attached hydrogen (secondary N) is 1. The lowest BCUT2D eigenvalue weighted by atomic mass is 10.1. The largest absolute Gasteiger partial charge is 0.376 e. The van der Waals surface area contributed by atoms with Gasteiger partial charge in [0, 0.05) is 30.3 Å². The first-order chi connectivity index (χ1) is 11.6. The first-order valence-corrected chi connectivity index (χ1v) is 7.86. The molecular formula is C17H19N3O4. The van der Waals surface area contributed by atoms with Gasteiger partial charge in [0.25, 0.3) is 11.7 Å². The number of carbonyl (C=O) groups is 3. The number of Topliss-reactive ketones (excluding diaryl/α,β-unsaturated/α-hetero) is 1. The number of nitrogens with zero attached hydrogens (tertiary/aromatic N) is 1. The summed E-state index contributed by atoms with van der Waals surface area (Å²) in [6.07, 6.45) is 3.54. The van der Waals surface area contributed by atoms with Gasteiger partial charge in [0.1, 0.15) is 6.54 Å². The monoisotopic (exact) mass is 329 g/mol. The van der Waals surface area contributed by atoms with Crippen molar-refractivity contribution in [2.45, 2.75) is 25.5 Å². The van der Waals surface area contributed by atoms with Gasteiger partial charge in [-0.1, -0.05) is 18.2 Å². The van der Waals surface area contributed by atoms with Crippen LogP contribution in [0.3, 0.4) is 0 Å². The summed E-state index contributed by atoms with van der Waals surface area (Å²) in [6.45, 7) is 1.27. The van der Waals surface area contributed by atoms with Crippen LogP contribution in [0.4, 0.5) is 0 Å². The van der Waals surface area contributed by atoms with Gasteiger partial charge >= 0.3 is 0 Å². The first kappa shape index (κ1) is 16.2. The molecule has 0 aliphatic carbocycles. The highest BCUT2D eigenvalue weighted by Crippen LogP contribution is 2.21. The molecule has 2 amide bonds. The van der Waals surface area contributed by atoms with Crippen LogP contribution in [0.15, 0.2) is 30.5 Å². The third-order valence-electron chi connectivity index (χ3n) is 4.12. The van der Waals surface area contributed by atoms with E-state index in [1.807, 2.05) is 6.07 Å². The van der Waals surface area contributed by atoms with Gasteiger partial charge < -0.3 is 20.4 Å². The van der Waals surface area contributed by atoms with E-state index >= 15 is 0 Å². The second kappa shape index (κ2) is 6.84. The summed E-state index contributed by atoms with van der Waals surface area (Å²) in [6, 6.07) is 7.09. The van der Waals surface area contributed by atoms with Crippen LogP contribution in [0.25, 0.3) is 10.9 Å². The van der Waals surface area contributed by atoms with Crippen LogP contribution in [0.1, 0.15) is 23.2 Å². The zero-order valence-corrected chi connectivity index (χ0v) is 13.2. The van der Waals surface area contributed by atoms with Crippen molar-refractivity contribution < 1.29 is 19.1 Å². The van der Waals surface area contributed by atoms with Crippen molar-refractivity contribution in [3.05, 3.63) is 36.0 Å². The maximum absolute atomic E-state index is 12.2. The third kappa shape index (κ3) is 3.30. The van der Waals surface area contributed by atoms with Crippen molar-refractivity contribution in [1.82, 2.24) is 9.88 Å². The van der Waals surface area contributed by atoms with Gasteiger partial charge in [-0.05, 0) is 18.9 Å². The Morgan fingerprint density at radius 2 is 2.08 bits per heavy atom. The van der Waals surface area contributed by atoms with Gasteiger partial charge in [-0.15, -0.1) is 0 Å². The highest BCUT2D eigenvalue weighted by atomic mass is 16.5. The molecule has 2 heterocycles. The summed E-state index contributed by atoms with van der Waals surface area (Å²) in [5, 5.41) is 3.44. The van der Waals surface area contributed by atoms with E-state index in [9.17, 15) is 14.4 Å². The maximum Gasteiger partial charge on any atom is 0.289 e. The zero-order chi connectivity index (χ0) is 17.1. The Labute approximate surface area is 138 Å². The molecule has 0 bridgehead atoms. The Kier molecular flexibility index (Phi) is 4.61. The number of ketones is 1. The van der Waals surface area contributed by atoms with E-state index in [1.165, 1.54) is 6.20 Å². The Morgan fingerprint density at radius 1 is 1.29 bits per heavy atom. The van der Waals surface area contributed by atoms with Gasteiger partial charge in [-0.3, -0.25) is 14.4 Å². The lowest BCUT2D eigenvalue weighted by Gasteiger charge is -2.11. The van der Waals surface area contributed by atoms with E-state index in [2.05, 4.69) is 5.32 Å². The third-order valence-corrected chi connectivity index (χ3v) is 4.12. The highest BCUT2D eigenvalue weighted by Gasteiger charge is 2.20. The van der Waals surface area contributed by atoms with Crippen LogP contribution in [0.5, 0.6) is 0 Å². The second-order valence-corrected chi connectivity index (χ2v) is 5.82. The van der Waals surface area contributed by atoms with Gasteiger partial charge in [-0.2, -0.15) is 0 Å². The molecule has 1 atom stereocenters. The predicted molar refractivity (Wildman–Crippen MR) is 87.4 cm³/mol. The van der Waals surface area contributed by atoms with Crippen LogP contribution < -0.4 is 11.1 Å². The molecule has 0 unspecified atom stereocenters. The van der Waals surface area contributed by atoms with Crippen molar-refractivity contribution in [1.29, 1.82) is 0 Å². The molecule has 7 heteroatoms. The standard InChI is InChI=1S/C17H19N3O4/c18-17(23)16(22)13-9-20(14-6-2-1-5-12(13)14)10-15(21)19-8-11-4-3-7-24-11/h1-2,5-6,9,11H,3-4,7-8,10H2,(H2,18,23)(H,19,21)/t11-/m1/s1. The lowest BCUT2D eigenvalue weighted by molar-refractivity contribution is -0.122. The smallest absolute Gasteiger partial charge is 0.289 e. The van der Waals surface area contributed by atoms with E-state index in [0.717, 1.165) is 19.4 Å². The Bertz CT molecular complexity index is 790. The molecule has 0 saturated carbocycles. The van der Waals surface area contributed by atoms with Crippen LogP contribution in [-0.4, -0.2) is 41.4 Å². The summed E-state index contributed by atoms with van der Waals surface area (Å²) < 4.78 is 7.12. The molecule has 1 fully saturated rings. The molecule has 1 aliphatic heterocycles. The first-order valence-electron chi connectivity index (χ1n) is 7.86. The number of benzene rings is 1. The van der Waals surface area contributed by atoms with Gasteiger partial charge in [0.15, 0.2) is 0 Å². The maximum atomic E-state index is 12.2. The summed E-state index contributed by atoms with van der Waals surface area (Å²) in [5.41, 5.74) is 6.01. The summed E-state index contributed by atoms with van der Waals surface area (Å²) in [7, 11) is 0. The fourth-order valence-corrected chi connectivity index (χ4v) is 2.93. The van der Waals surface area contributed by atoms with Crippen molar-refractivity contribution in [2.24, 2.45) is 5.73 Å². The molecule has 7 nitrogen and oxygen atoms in total. The number of aromatic nitrogens is 1. The Balaban J connectivity index is 1.77. The SMILES string of the molecule is NC(=O)C(=O)c1cn(CC(=O)NC[C@H]2CCCO2)c2ccccc12. The molecule has 126 valence electrons. The number of carbonyl (C=O) groups excluding carboxylic acids is 3. The Morgan fingerprint density at radius 3 is 2.79 bits per heavy atom. The molecule has 2 aromatic rings. The number of rotatable bonds is 6. The van der Waals surface area contributed by atoms with Crippen LogP contribution in [0.2, 0.25) is 0 Å². The van der Waals surface area contributed by atoms with Gasteiger partial charge in [0.2, 0.25) is 5.91 Å². The van der Waals surface area contributed by atoms with Crippen LogP contribution >= 0.6 is 0 Å². The zero-order valence-electron chi connectivity index (χ0n) is 13.2. The molecule has 3 N–H and O–H groups in total. The second-order valence-electron chi connectivity index (χ2n) is 5.82. The summed E-state index contributed by atoms with van der Waals surface area (Å²) in [4.78, 5) is 35.3. The molecule has 1 aliphatic rings. The number of hydrogen-bond acceptors (Lipinski definition) is 4. The number of nitrogens with two attached hydrogens (primary N) is 1. The molecule has 0 radical (unpaired) electrons. The minimum absolute atomic E-state index is 0.0548. The average Bonchev–Trinajstić information content (AvgIpc) is 3.20. The van der Waals surface area contributed by atoms with Crippen molar-refractivity contribution in [3.8, 4) is 0 Å². The molecule has 1 aromatic heterocycles. The van der Waals surface area contributed by atoms with E-state index in [1.54, 1.807) is 22.8 Å². The van der Waals surface area contributed by atoms with Gasteiger partial charge in [0.05, 0.1) is 11.7 Å². The molecule has 1 aromatic carbocycles. The predicted octanol–water partition coefficient (Wildman–Crippen LogP) is 0.605. The van der Waals surface area contributed by atoms with E-state index in [0.29, 0.717) is 17.4 Å². The number of hydrogen-bond donors (Lipinski definition) is 2. The Hall–Kier alpha value is -2.67. The molecule has 3 rings (SSSR count). The van der Waals surface area contributed by atoms with E-state index in [4.69, 9.17) is 10.5 Å². The number of amides is 2. The fraction of sp³-hybridized carbons (Fsp3) is 0.353. The number of para-hydroxylation sites is 1. The van der Waals surface area contributed by atoms with Crippen LogP contribution in [0, 0.1) is 0 Å². The lowest BCUT2D eigenvalue weighted by Crippen LogP contribution is -2.34. The van der Waals surface area contributed by atoms with Crippen molar-refractivity contribution in [2.75, 3.05) is 13.2 Å².